The monoisotopic (exact) mass is 302 g/mol. The van der Waals surface area contributed by atoms with Crippen molar-refractivity contribution in [3.8, 4) is 5.75 Å². The van der Waals surface area contributed by atoms with Crippen LogP contribution in [0.25, 0.3) is 0 Å². The Morgan fingerprint density at radius 3 is 2.48 bits per heavy atom. The topological polar surface area (TPSA) is 68.2 Å². The molecule has 0 saturated carbocycles. The summed E-state index contributed by atoms with van der Waals surface area (Å²) in [4.78, 5) is 0. The minimum atomic E-state index is -0.856. The molecule has 0 fully saturated rings. The van der Waals surface area contributed by atoms with Gasteiger partial charge in [-0.05, 0) is 32.0 Å². The molecule has 120 valence electrons. The molecule has 0 aliphatic rings. The molecule has 0 amide bonds. The van der Waals surface area contributed by atoms with Crippen molar-refractivity contribution < 1.29 is 28.8 Å². The number of methoxy groups -OCH3 is 1. The van der Waals surface area contributed by atoms with Gasteiger partial charge in [0.1, 0.15) is 24.3 Å². The van der Waals surface area contributed by atoms with E-state index >= 15 is 0 Å². The summed E-state index contributed by atoms with van der Waals surface area (Å²) in [5, 5.41) is 19.4. The smallest absolute Gasteiger partial charge is 0.125 e. The predicted molar refractivity (Wildman–Crippen MR) is 75.8 cm³/mol. The Bertz CT molecular complexity index is 425. The minimum Gasteiger partial charge on any atom is -0.490 e. The lowest BCUT2D eigenvalue weighted by molar-refractivity contribution is -0.0425. The molecule has 5 nitrogen and oxygen atoms in total. The van der Waals surface area contributed by atoms with E-state index < -0.39 is 18.0 Å². The van der Waals surface area contributed by atoms with Crippen molar-refractivity contribution in [1.29, 1.82) is 0 Å². The van der Waals surface area contributed by atoms with Gasteiger partial charge in [0.2, 0.25) is 0 Å². The van der Waals surface area contributed by atoms with Gasteiger partial charge in [0.25, 0.3) is 0 Å². The van der Waals surface area contributed by atoms with Crippen LogP contribution in [0.1, 0.15) is 25.5 Å². The molecular weight excluding hydrogens is 279 g/mol. The lowest BCUT2D eigenvalue weighted by Crippen LogP contribution is -2.27. The lowest BCUT2D eigenvalue weighted by Gasteiger charge is -2.18. The summed E-state index contributed by atoms with van der Waals surface area (Å²) in [5.41, 5.74) is 0.343. The molecule has 0 radical (unpaired) electrons. The standard InChI is InChI=1S/C15H23FO5/c1-10(7-19-3)20-8-13(18)9-21-15-5-4-12(16)6-14(15)11(2)17/h4-6,10-11,13,17-18H,7-9H2,1-3H3/t10?,11-,13?/m0/s1. The maximum absolute atomic E-state index is 13.1. The average Bonchev–Trinajstić information content (AvgIpc) is 2.44. The highest BCUT2D eigenvalue weighted by Crippen LogP contribution is 2.26. The fourth-order valence-corrected chi connectivity index (χ4v) is 1.77. The van der Waals surface area contributed by atoms with Crippen LogP contribution in [0, 0.1) is 5.82 Å². The van der Waals surface area contributed by atoms with E-state index in [1.54, 1.807) is 7.11 Å². The molecule has 0 heterocycles. The van der Waals surface area contributed by atoms with Gasteiger partial charge in [0.15, 0.2) is 0 Å². The van der Waals surface area contributed by atoms with E-state index in [1.165, 1.54) is 25.1 Å². The number of aliphatic hydroxyl groups excluding tert-OH is 2. The highest BCUT2D eigenvalue weighted by atomic mass is 19.1. The van der Waals surface area contributed by atoms with Crippen LogP contribution in [-0.2, 0) is 9.47 Å². The Morgan fingerprint density at radius 1 is 1.14 bits per heavy atom. The molecule has 0 aliphatic heterocycles. The molecule has 0 spiro atoms. The molecule has 0 saturated heterocycles. The molecule has 21 heavy (non-hydrogen) atoms. The van der Waals surface area contributed by atoms with E-state index in [0.717, 1.165) is 0 Å². The first-order valence-electron chi connectivity index (χ1n) is 6.83. The second-order valence-electron chi connectivity index (χ2n) is 4.92. The van der Waals surface area contributed by atoms with Crippen LogP contribution >= 0.6 is 0 Å². The highest BCUT2D eigenvalue weighted by Gasteiger charge is 2.13. The van der Waals surface area contributed by atoms with E-state index in [-0.39, 0.29) is 19.3 Å². The van der Waals surface area contributed by atoms with Crippen molar-refractivity contribution in [2.45, 2.75) is 32.2 Å². The normalized spacial score (nSPS) is 15.5. The molecular formula is C15H23FO5. The second-order valence-corrected chi connectivity index (χ2v) is 4.92. The van der Waals surface area contributed by atoms with Gasteiger partial charge in [-0.3, -0.25) is 0 Å². The Labute approximate surface area is 124 Å². The Morgan fingerprint density at radius 2 is 1.86 bits per heavy atom. The van der Waals surface area contributed by atoms with Crippen LogP contribution in [0.2, 0.25) is 0 Å². The van der Waals surface area contributed by atoms with Gasteiger partial charge in [0, 0.05) is 12.7 Å². The summed E-state index contributed by atoms with van der Waals surface area (Å²) < 4.78 is 28.8. The zero-order chi connectivity index (χ0) is 15.8. The third kappa shape index (κ3) is 6.39. The van der Waals surface area contributed by atoms with Crippen LogP contribution < -0.4 is 4.74 Å². The highest BCUT2D eigenvalue weighted by molar-refractivity contribution is 5.35. The summed E-state index contributed by atoms with van der Waals surface area (Å²) in [6.45, 7) is 3.90. The van der Waals surface area contributed by atoms with Gasteiger partial charge in [-0.15, -0.1) is 0 Å². The Balaban J connectivity index is 2.47. The molecule has 1 rings (SSSR count). The van der Waals surface area contributed by atoms with E-state index in [0.29, 0.717) is 17.9 Å². The van der Waals surface area contributed by atoms with E-state index in [4.69, 9.17) is 14.2 Å². The van der Waals surface area contributed by atoms with Crippen molar-refractivity contribution in [1.82, 2.24) is 0 Å². The molecule has 0 aliphatic carbocycles. The van der Waals surface area contributed by atoms with Crippen molar-refractivity contribution in [2.75, 3.05) is 26.9 Å². The van der Waals surface area contributed by atoms with Gasteiger partial charge in [-0.1, -0.05) is 0 Å². The van der Waals surface area contributed by atoms with Gasteiger partial charge in [-0.25, -0.2) is 4.39 Å². The zero-order valence-corrected chi connectivity index (χ0v) is 12.6. The van der Waals surface area contributed by atoms with Gasteiger partial charge in [-0.2, -0.15) is 0 Å². The van der Waals surface area contributed by atoms with E-state index in [9.17, 15) is 14.6 Å². The number of hydrogen-bond donors (Lipinski definition) is 2. The van der Waals surface area contributed by atoms with Crippen LogP contribution in [0.15, 0.2) is 18.2 Å². The number of hydrogen-bond acceptors (Lipinski definition) is 5. The third-order valence-corrected chi connectivity index (χ3v) is 2.83. The summed E-state index contributed by atoms with van der Waals surface area (Å²) in [5.74, 6) is -0.106. The minimum absolute atomic E-state index is 0.00887. The second kappa shape index (κ2) is 8.94. The van der Waals surface area contributed by atoms with Gasteiger partial charge >= 0.3 is 0 Å². The molecule has 0 aromatic heterocycles. The summed E-state index contributed by atoms with van der Waals surface area (Å²) in [7, 11) is 1.57. The molecule has 1 aromatic rings. The predicted octanol–water partition coefficient (Wildman–Crippen LogP) is 1.67. The van der Waals surface area contributed by atoms with Crippen molar-refractivity contribution >= 4 is 0 Å². The summed E-state index contributed by atoms with van der Waals surface area (Å²) in [6, 6.07) is 3.88. The SMILES string of the molecule is COCC(C)OCC(O)COc1ccc(F)cc1[C@H](C)O. The Kier molecular flexibility index (Phi) is 7.60. The first-order valence-corrected chi connectivity index (χ1v) is 6.83. The molecule has 2 N–H and O–H groups in total. The molecule has 3 atom stereocenters. The number of aliphatic hydroxyl groups is 2. The molecule has 0 bridgehead atoms. The van der Waals surface area contributed by atoms with Gasteiger partial charge < -0.3 is 24.4 Å². The number of rotatable bonds is 9. The maximum Gasteiger partial charge on any atom is 0.125 e. The van der Waals surface area contributed by atoms with E-state index in [2.05, 4.69) is 0 Å². The molecule has 2 unspecified atom stereocenters. The number of halogens is 1. The van der Waals surface area contributed by atoms with Crippen LogP contribution in [0.5, 0.6) is 5.75 Å². The largest absolute Gasteiger partial charge is 0.490 e. The van der Waals surface area contributed by atoms with Crippen LogP contribution in [0.3, 0.4) is 0 Å². The Hall–Kier alpha value is -1.21. The first kappa shape index (κ1) is 17.8. The fraction of sp³-hybridized carbons (Fsp3) is 0.600. The first-order chi connectivity index (χ1) is 9.93. The van der Waals surface area contributed by atoms with E-state index in [1.807, 2.05) is 6.92 Å². The van der Waals surface area contributed by atoms with Crippen LogP contribution in [-0.4, -0.2) is 49.4 Å². The van der Waals surface area contributed by atoms with Crippen molar-refractivity contribution in [3.63, 3.8) is 0 Å². The quantitative estimate of drug-likeness (QED) is 0.726. The molecule has 1 aromatic carbocycles. The molecule has 6 heteroatoms. The van der Waals surface area contributed by atoms with Crippen molar-refractivity contribution in [3.05, 3.63) is 29.6 Å². The van der Waals surface area contributed by atoms with Gasteiger partial charge in [0.05, 0.1) is 25.4 Å². The lowest BCUT2D eigenvalue weighted by atomic mass is 10.1. The van der Waals surface area contributed by atoms with Crippen molar-refractivity contribution in [2.24, 2.45) is 0 Å². The number of ether oxygens (including phenoxy) is 3. The zero-order valence-electron chi connectivity index (χ0n) is 12.6. The summed E-state index contributed by atoms with van der Waals surface area (Å²) >= 11 is 0. The fourth-order valence-electron chi connectivity index (χ4n) is 1.77. The average molecular weight is 302 g/mol. The number of benzene rings is 1. The maximum atomic E-state index is 13.1. The van der Waals surface area contributed by atoms with Crippen LogP contribution in [0.4, 0.5) is 4.39 Å². The third-order valence-electron chi connectivity index (χ3n) is 2.83. The summed E-state index contributed by atoms with van der Waals surface area (Å²) in [6.07, 6.45) is -1.80.